The van der Waals surface area contributed by atoms with Crippen molar-refractivity contribution >= 4 is 28.7 Å². The average Bonchev–Trinajstić information content (AvgIpc) is 3.49. The van der Waals surface area contributed by atoms with Crippen LogP contribution in [-0.4, -0.2) is 25.7 Å². The molecule has 0 bridgehead atoms. The summed E-state index contributed by atoms with van der Waals surface area (Å²) in [7, 11) is 0. The lowest BCUT2D eigenvalue weighted by Gasteiger charge is -2.29. The van der Waals surface area contributed by atoms with Gasteiger partial charge >= 0.3 is 0 Å². The summed E-state index contributed by atoms with van der Waals surface area (Å²) < 4.78 is 7.85. The Kier molecular flexibility index (Phi) is 6.39. The number of anilines is 1. The summed E-state index contributed by atoms with van der Waals surface area (Å²) in [5, 5.41) is 15.2. The van der Waals surface area contributed by atoms with Gasteiger partial charge in [-0.25, -0.2) is 0 Å². The monoisotopic (exact) mass is 499 g/mol. The molecule has 1 saturated heterocycles. The summed E-state index contributed by atoms with van der Waals surface area (Å²) in [6, 6.07) is 23.8. The number of nitro benzene ring substituents is 1. The van der Waals surface area contributed by atoms with E-state index in [1.807, 2.05) is 79.2 Å². The molecule has 2 aromatic heterocycles. The molecule has 5 rings (SSSR count). The molecule has 0 amide bonds. The Morgan fingerprint density at radius 2 is 1.72 bits per heavy atom. The van der Waals surface area contributed by atoms with Crippen LogP contribution in [-0.2, 0) is 0 Å². The number of nitrogens with one attached hydrogen (secondary N) is 1. The zero-order valence-electron chi connectivity index (χ0n) is 19.8. The van der Waals surface area contributed by atoms with Gasteiger partial charge in [0.05, 0.1) is 22.8 Å². The third kappa shape index (κ3) is 4.52. The second-order valence-corrected chi connectivity index (χ2v) is 9.12. The lowest BCUT2D eigenvalue weighted by atomic mass is 10.0. The molecule has 0 aliphatic carbocycles. The van der Waals surface area contributed by atoms with Crippen molar-refractivity contribution in [2.45, 2.75) is 32.0 Å². The predicted octanol–water partition coefficient (Wildman–Crippen LogP) is 5.74. The zero-order chi connectivity index (χ0) is 25.2. The molecule has 2 aromatic carbocycles. The molecular weight excluding hydrogens is 474 g/mol. The minimum Gasteiger partial charge on any atom is -0.491 e. The van der Waals surface area contributed by atoms with E-state index in [4.69, 9.17) is 17.0 Å². The Labute approximate surface area is 214 Å². The first-order chi connectivity index (χ1) is 17.4. The highest BCUT2D eigenvalue weighted by Crippen LogP contribution is 2.42. The van der Waals surface area contributed by atoms with Crippen LogP contribution in [0.5, 0.6) is 5.75 Å². The van der Waals surface area contributed by atoms with E-state index in [0.29, 0.717) is 5.11 Å². The molecule has 182 valence electrons. The van der Waals surface area contributed by atoms with Crippen LogP contribution in [0.25, 0.3) is 5.69 Å². The zero-order valence-corrected chi connectivity index (χ0v) is 20.6. The normalized spacial score (nSPS) is 17.3. The third-order valence-corrected chi connectivity index (χ3v) is 6.32. The molecule has 0 spiro atoms. The van der Waals surface area contributed by atoms with Crippen LogP contribution in [0.15, 0.2) is 91.3 Å². The summed E-state index contributed by atoms with van der Waals surface area (Å²) in [6.45, 7) is 3.99. The number of hydrogen-bond donors (Lipinski definition) is 1. The van der Waals surface area contributed by atoms with Crippen LogP contribution in [0.2, 0.25) is 0 Å². The van der Waals surface area contributed by atoms with Crippen molar-refractivity contribution < 1.29 is 9.66 Å². The molecule has 1 aliphatic rings. The highest BCUT2D eigenvalue weighted by atomic mass is 32.1. The molecule has 3 heterocycles. The fraction of sp³-hybridized carbons (Fsp3) is 0.185. The van der Waals surface area contributed by atoms with Gasteiger partial charge in [0, 0.05) is 41.6 Å². The van der Waals surface area contributed by atoms with Gasteiger partial charge in [-0.2, -0.15) is 0 Å². The Balaban J connectivity index is 1.59. The topological polar surface area (TPSA) is 85.5 Å². The quantitative estimate of drug-likeness (QED) is 0.197. The molecule has 2 atom stereocenters. The lowest BCUT2D eigenvalue weighted by molar-refractivity contribution is -0.384. The van der Waals surface area contributed by atoms with Crippen molar-refractivity contribution in [3.63, 3.8) is 0 Å². The smallest absolute Gasteiger partial charge is 0.269 e. The molecule has 0 radical (unpaired) electrons. The maximum Gasteiger partial charge on any atom is 0.269 e. The van der Waals surface area contributed by atoms with Gasteiger partial charge in [-0.05, 0) is 86.7 Å². The number of benzene rings is 2. The summed E-state index contributed by atoms with van der Waals surface area (Å²) in [5.74, 6) is 0.791. The molecule has 4 aromatic rings. The minimum absolute atomic E-state index is 0.0489. The third-order valence-electron chi connectivity index (χ3n) is 6.01. The SMILES string of the molecule is CC(C)Oc1ccc(N2C(=S)N[C@H](c3ccccn3)[C@H]2c2cccn2-c2ccc([N+](=O)[O-])cc2)cc1. The number of thiocarbonyl (C=S) groups is 1. The fourth-order valence-corrected chi connectivity index (χ4v) is 4.84. The molecule has 0 unspecified atom stereocenters. The number of pyridine rings is 1. The Bertz CT molecular complexity index is 1370. The van der Waals surface area contributed by atoms with Crippen LogP contribution in [0.1, 0.15) is 37.3 Å². The van der Waals surface area contributed by atoms with Crippen molar-refractivity contribution in [1.82, 2.24) is 14.9 Å². The Morgan fingerprint density at radius 1 is 1.00 bits per heavy atom. The van der Waals surface area contributed by atoms with Gasteiger partial charge in [0.1, 0.15) is 11.8 Å². The van der Waals surface area contributed by atoms with Crippen molar-refractivity contribution in [3.8, 4) is 11.4 Å². The molecule has 1 N–H and O–H groups in total. The van der Waals surface area contributed by atoms with E-state index in [1.54, 1.807) is 18.3 Å². The van der Waals surface area contributed by atoms with Gasteiger partial charge in [-0.1, -0.05) is 6.07 Å². The van der Waals surface area contributed by atoms with Gasteiger partial charge in [-0.15, -0.1) is 0 Å². The van der Waals surface area contributed by atoms with E-state index >= 15 is 0 Å². The summed E-state index contributed by atoms with van der Waals surface area (Å²) >= 11 is 5.83. The van der Waals surface area contributed by atoms with Crippen LogP contribution in [0.3, 0.4) is 0 Å². The second kappa shape index (κ2) is 9.79. The van der Waals surface area contributed by atoms with E-state index in [0.717, 1.165) is 28.5 Å². The summed E-state index contributed by atoms with van der Waals surface area (Å²) in [4.78, 5) is 17.4. The van der Waals surface area contributed by atoms with Gasteiger partial charge in [0.15, 0.2) is 5.11 Å². The van der Waals surface area contributed by atoms with E-state index in [1.165, 1.54) is 12.1 Å². The number of nitrogens with zero attached hydrogens (tertiary/aromatic N) is 4. The summed E-state index contributed by atoms with van der Waals surface area (Å²) in [5.41, 5.74) is 3.62. The van der Waals surface area contributed by atoms with Gasteiger partial charge in [-0.3, -0.25) is 15.1 Å². The Morgan fingerprint density at radius 3 is 2.36 bits per heavy atom. The number of hydrogen-bond acceptors (Lipinski definition) is 5. The van der Waals surface area contributed by atoms with E-state index in [2.05, 4.69) is 15.2 Å². The van der Waals surface area contributed by atoms with Crippen molar-refractivity contribution in [2.75, 3.05) is 4.90 Å². The van der Waals surface area contributed by atoms with Crippen LogP contribution < -0.4 is 15.0 Å². The average molecular weight is 500 g/mol. The maximum absolute atomic E-state index is 11.1. The van der Waals surface area contributed by atoms with Gasteiger partial charge < -0.3 is 19.5 Å². The minimum atomic E-state index is -0.398. The molecule has 9 heteroatoms. The molecule has 36 heavy (non-hydrogen) atoms. The molecule has 0 saturated carbocycles. The lowest BCUT2D eigenvalue weighted by Crippen LogP contribution is -2.30. The second-order valence-electron chi connectivity index (χ2n) is 8.73. The van der Waals surface area contributed by atoms with E-state index < -0.39 is 4.92 Å². The predicted molar refractivity (Wildman–Crippen MR) is 143 cm³/mol. The Hall–Kier alpha value is -4.24. The maximum atomic E-state index is 11.1. The first-order valence-electron chi connectivity index (χ1n) is 11.6. The van der Waals surface area contributed by atoms with Crippen molar-refractivity contribution in [2.24, 2.45) is 0 Å². The molecule has 8 nitrogen and oxygen atoms in total. The molecular formula is C27H25N5O3S. The van der Waals surface area contributed by atoms with Crippen LogP contribution in [0.4, 0.5) is 11.4 Å². The molecule has 1 aliphatic heterocycles. The van der Waals surface area contributed by atoms with Crippen LogP contribution in [0, 0.1) is 10.1 Å². The standard InChI is InChI=1S/C27H25N5O3S/c1-18(2)35-22-14-12-20(13-15-22)31-26(25(29-27(31)36)23-6-3-4-16-28-23)24-7-5-17-30(24)19-8-10-21(11-9-19)32(33)34/h3-18,25-26H,1-2H3,(H,29,36)/t25-,26-/m1/s1. The largest absolute Gasteiger partial charge is 0.491 e. The highest BCUT2D eigenvalue weighted by Gasteiger charge is 2.42. The first-order valence-corrected chi connectivity index (χ1v) is 12.0. The van der Waals surface area contributed by atoms with Crippen molar-refractivity contribution in [1.29, 1.82) is 0 Å². The highest BCUT2D eigenvalue weighted by molar-refractivity contribution is 7.80. The summed E-state index contributed by atoms with van der Waals surface area (Å²) in [6.07, 6.45) is 3.80. The fourth-order valence-electron chi connectivity index (χ4n) is 4.50. The van der Waals surface area contributed by atoms with Gasteiger partial charge in [0.25, 0.3) is 5.69 Å². The number of rotatable bonds is 7. The number of nitro groups is 1. The number of ether oxygens (including phenoxy) is 1. The number of aromatic nitrogens is 2. The first kappa shape index (κ1) is 23.5. The van der Waals surface area contributed by atoms with Crippen LogP contribution >= 0.6 is 12.2 Å². The number of non-ortho nitro benzene ring substituents is 1. The van der Waals surface area contributed by atoms with Crippen molar-refractivity contribution in [3.05, 3.63) is 113 Å². The van der Waals surface area contributed by atoms with Gasteiger partial charge in [0.2, 0.25) is 0 Å². The van der Waals surface area contributed by atoms with E-state index in [-0.39, 0.29) is 23.9 Å². The molecule has 1 fully saturated rings. The van der Waals surface area contributed by atoms with E-state index in [9.17, 15) is 10.1 Å².